The summed E-state index contributed by atoms with van der Waals surface area (Å²) < 4.78 is 19.7. The predicted octanol–water partition coefficient (Wildman–Crippen LogP) is 2.60. The van der Waals surface area contributed by atoms with Gasteiger partial charge in [-0.05, 0) is 63.4 Å². The molecule has 0 saturated carbocycles. The van der Waals surface area contributed by atoms with E-state index in [-0.39, 0.29) is 11.9 Å². The monoisotopic (exact) mass is 389 g/mol. The number of carbonyl (C=O) groups excluding carboxylic acids is 1. The number of carbonyl (C=O) groups is 1. The highest BCUT2D eigenvalue weighted by Crippen LogP contribution is 2.42. The summed E-state index contributed by atoms with van der Waals surface area (Å²) in [7, 11) is 5.78. The molecule has 3 aliphatic rings. The number of likely N-dealkylation sites (N-methyl/N-ethyl adjacent to an activating group) is 1. The molecule has 0 spiro atoms. The van der Waals surface area contributed by atoms with E-state index in [1.54, 1.807) is 13.2 Å². The number of ether oxygens (including phenoxy) is 1. The van der Waals surface area contributed by atoms with Crippen LogP contribution in [0, 0.1) is 17.7 Å². The van der Waals surface area contributed by atoms with E-state index in [1.807, 2.05) is 6.07 Å². The number of piperidine rings is 3. The Morgan fingerprint density at radius 2 is 2.04 bits per heavy atom. The number of halogens is 1. The number of likely N-dealkylation sites (tertiary alicyclic amines) is 1. The molecule has 3 fully saturated rings. The zero-order chi connectivity index (χ0) is 19.8. The van der Waals surface area contributed by atoms with Crippen LogP contribution in [0.25, 0.3) is 0 Å². The molecule has 0 N–H and O–H groups in total. The molecule has 1 amide bonds. The van der Waals surface area contributed by atoms with Crippen LogP contribution in [0.4, 0.5) is 4.39 Å². The molecule has 3 aliphatic heterocycles. The summed E-state index contributed by atoms with van der Waals surface area (Å²) in [6, 6.07) is 5.59. The Kier molecular flexibility index (Phi) is 5.61. The van der Waals surface area contributed by atoms with E-state index < -0.39 is 0 Å². The molecular formula is C22H32FN3O2. The summed E-state index contributed by atoms with van der Waals surface area (Å²) in [4.78, 5) is 19.6. The number of hydrogen-bond donors (Lipinski definition) is 0. The highest BCUT2D eigenvalue weighted by Gasteiger charge is 2.49. The molecule has 1 aromatic carbocycles. The summed E-state index contributed by atoms with van der Waals surface area (Å²) >= 11 is 0. The molecule has 0 aliphatic carbocycles. The van der Waals surface area contributed by atoms with Crippen molar-refractivity contribution in [2.24, 2.45) is 11.8 Å². The molecule has 2 bridgehead atoms. The van der Waals surface area contributed by atoms with Crippen molar-refractivity contribution < 1.29 is 13.9 Å². The van der Waals surface area contributed by atoms with E-state index in [2.05, 4.69) is 28.8 Å². The van der Waals surface area contributed by atoms with Gasteiger partial charge < -0.3 is 14.5 Å². The van der Waals surface area contributed by atoms with E-state index in [9.17, 15) is 9.18 Å². The summed E-state index contributed by atoms with van der Waals surface area (Å²) in [6.45, 7) is 3.37. The fourth-order valence-corrected chi connectivity index (χ4v) is 5.65. The Balaban J connectivity index is 1.56. The van der Waals surface area contributed by atoms with Gasteiger partial charge in [-0.15, -0.1) is 0 Å². The third-order valence-corrected chi connectivity index (χ3v) is 6.77. The smallest absolute Gasteiger partial charge is 0.223 e. The first-order valence-corrected chi connectivity index (χ1v) is 10.5. The van der Waals surface area contributed by atoms with E-state index in [0.29, 0.717) is 48.1 Å². The Labute approximate surface area is 167 Å². The van der Waals surface area contributed by atoms with E-state index in [1.165, 1.54) is 12.5 Å². The van der Waals surface area contributed by atoms with Crippen molar-refractivity contribution in [3.05, 3.63) is 29.6 Å². The number of methoxy groups -OCH3 is 1. The molecule has 6 heteroatoms. The molecule has 0 radical (unpaired) electrons. The van der Waals surface area contributed by atoms with E-state index in [4.69, 9.17) is 4.74 Å². The van der Waals surface area contributed by atoms with Gasteiger partial charge in [0.1, 0.15) is 11.6 Å². The zero-order valence-corrected chi connectivity index (χ0v) is 17.2. The average Bonchev–Trinajstić information content (AvgIpc) is 2.67. The van der Waals surface area contributed by atoms with Crippen LogP contribution in [-0.2, 0) is 11.3 Å². The van der Waals surface area contributed by atoms with Gasteiger partial charge in [-0.25, -0.2) is 4.39 Å². The van der Waals surface area contributed by atoms with Gasteiger partial charge in [0.25, 0.3) is 0 Å². The second kappa shape index (κ2) is 7.99. The van der Waals surface area contributed by atoms with Crippen LogP contribution in [0.1, 0.15) is 31.2 Å². The lowest BCUT2D eigenvalue weighted by Gasteiger charge is -2.57. The van der Waals surface area contributed by atoms with Crippen LogP contribution in [-0.4, -0.2) is 73.5 Å². The van der Waals surface area contributed by atoms with Gasteiger partial charge in [-0.3, -0.25) is 9.69 Å². The first-order valence-electron chi connectivity index (χ1n) is 10.5. The minimum Gasteiger partial charge on any atom is -0.497 e. The number of fused-ring (bicyclic) bond motifs is 4. The summed E-state index contributed by atoms with van der Waals surface area (Å²) in [6.07, 6.45) is 3.98. The van der Waals surface area contributed by atoms with Crippen molar-refractivity contribution in [1.29, 1.82) is 0 Å². The third kappa shape index (κ3) is 3.77. The van der Waals surface area contributed by atoms with Gasteiger partial charge >= 0.3 is 0 Å². The van der Waals surface area contributed by atoms with Crippen molar-refractivity contribution in [3.8, 4) is 5.75 Å². The largest absolute Gasteiger partial charge is 0.497 e. The molecule has 0 unspecified atom stereocenters. The standard InChI is InChI=1S/C22H32FN3O2/c1-24(2)14-21-17-9-16(20-5-4-6-22(27)26(20)21)12-25(13-17)11-15-10-18(28-3)7-8-19(15)23/h7-8,10,16-17,20-21H,4-6,9,11-14H2,1-3H3/t16-,17+,20+,21+/m1/s1. The van der Waals surface area contributed by atoms with Crippen LogP contribution in [0.15, 0.2) is 18.2 Å². The van der Waals surface area contributed by atoms with E-state index >= 15 is 0 Å². The topological polar surface area (TPSA) is 36.0 Å². The lowest BCUT2D eigenvalue weighted by Crippen LogP contribution is -2.66. The minimum absolute atomic E-state index is 0.171. The quantitative estimate of drug-likeness (QED) is 0.776. The van der Waals surface area contributed by atoms with Crippen molar-refractivity contribution in [3.63, 3.8) is 0 Å². The lowest BCUT2D eigenvalue weighted by molar-refractivity contribution is -0.153. The Hall–Kier alpha value is -1.66. The maximum atomic E-state index is 14.4. The molecule has 3 saturated heterocycles. The zero-order valence-electron chi connectivity index (χ0n) is 17.2. The Morgan fingerprint density at radius 1 is 1.25 bits per heavy atom. The highest BCUT2D eigenvalue weighted by atomic mass is 19.1. The highest BCUT2D eigenvalue weighted by molar-refractivity contribution is 5.78. The maximum Gasteiger partial charge on any atom is 0.223 e. The normalized spacial score (nSPS) is 30.5. The molecule has 4 rings (SSSR count). The minimum atomic E-state index is -0.171. The second-order valence-corrected chi connectivity index (χ2v) is 9.00. The molecule has 1 aromatic rings. The van der Waals surface area contributed by atoms with Crippen molar-refractivity contribution >= 4 is 5.91 Å². The molecule has 154 valence electrons. The van der Waals surface area contributed by atoms with Gasteiger partial charge in [-0.2, -0.15) is 0 Å². The van der Waals surface area contributed by atoms with Crippen molar-refractivity contribution in [1.82, 2.24) is 14.7 Å². The maximum absolute atomic E-state index is 14.4. The second-order valence-electron chi connectivity index (χ2n) is 9.00. The number of hydrogen-bond acceptors (Lipinski definition) is 4. The number of rotatable bonds is 5. The molecule has 28 heavy (non-hydrogen) atoms. The Morgan fingerprint density at radius 3 is 2.79 bits per heavy atom. The fourth-order valence-electron chi connectivity index (χ4n) is 5.65. The summed E-state index contributed by atoms with van der Waals surface area (Å²) in [5, 5.41) is 0. The molecule has 5 nitrogen and oxygen atoms in total. The molecular weight excluding hydrogens is 357 g/mol. The third-order valence-electron chi connectivity index (χ3n) is 6.77. The van der Waals surface area contributed by atoms with Gasteiger partial charge in [0.05, 0.1) is 7.11 Å². The first kappa shape index (κ1) is 19.6. The van der Waals surface area contributed by atoms with Gasteiger partial charge in [0, 0.05) is 50.2 Å². The van der Waals surface area contributed by atoms with Crippen LogP contribution >= 0.6 is 0 Å². The van der Waals surface area contributed by atoms with Gasteiger partial charge in [-0.1, -0.05) is 0 Å². The SMILES string of the molecule is COc1ccc(F)c(CN2C[C@H]3C[C@@H](C2)[C@H](CN(C)C)N2C(=O)CCC[C@@H]32)c1. The molecule has 4 atom stereocenters. The molecule has 3 heterocycles. The number of benzene rings is 1. The predicted molar refractivity (Wildman–Crippen MR) is 107 cm³/mol. The van der Waals surface area contributed by atoms with Crippen LogP contribution in [0.5, 0.6) is 5.75 Å². The fraction of sp³-hybridized carbons (Fsp3) is 0.682. The van der Waals surface area contributed by atoms with Crippen molar-refractivity contribution in [2.75, 3.05) is 40.8 Å². The first-order chi connectivity index (χ1) is 13.5. The van der Waals surface area contributed by atoms with Crippen LogP contribution in [0.3, 0.4) is 0 Å². The number of nitrogens with zero attached hydrogens (tertiary/aromatic N) is 3. The summed E-state index contributed by atoms with van der Waals surface area (Å²) in [5.74, 6) is 1.81. The van der Waals surface area contributed by atoms with Crippen LogP contribution in [0.2, 0.25) is 0 Å². The summed E-state index contributed by atoms with van der Waals surface area (Å²) in [5.41, 5.74) is 0.694. The number of amides is 1. The average molecular weight is 390 g/mol. The van der Waals surface area contributed by atoms with Gasteiger partial charge in [0.2, 0.25) is 5.91 Å². The van der Waals surface area contributed by atoms with E-state index in [0.717, 1.165) is 32.5 Å². The van der Waals surface area contributed by atoms with Crippen molar-refractivity contribution in [2.45, 2.75) is 44.3 Å². The Bertz CT molecular complexity index is 726. The lowest BCUT2D eigenvalue weighted by atomic mass is 9.72. The van der Waals surface area contributed by atoms with Crippen LogP contribution < -0.4 is 4.74 Å². The van der Waals surface area contributed by atoms with Gasteiger partial charge in [0.15, 0.2) is 0 Å². The molecule has 0 aromatic heterocycles.